The summed E-state index contributed by atoms with van der Waals surface area (Å²) in [6.45, 7) is 2.55. The topological polar surface area (TPSA) is 53.0 Å². The zero-order chi connectivity index (χ0) is 12.9. The van der Waals surface area contributed by atoms with Gasteiger partial charge < -0.3 is 5.73 Å². The predicted octanol–water partition coefficient (Wildman–Crippen LogP) is 1.98. The molecule has 0 aromatic carbocycles. The van der Waals surface area contributed by atoms with Gasteiger partial charge in [-0.2, -0.15) is 5.26 Å². The molecular formula is C15H25N3. The Kier molecular flexibility index (Phi) is 2.91. The lowest BCUT2D eigenvalue weighted by Crippen LogP contribution is -2.58. The lowest BCUT2D eigenvalue weighted by atomic mass is 9.54. The Morgan fingerprint density at radius 2 is 1.67 bits per heavy atom. The van der Waals surface area contributed by atoms with E-state index in [1.807, 2.05) is 6.92 Å². The summed E-state index contributed by atoms with van der Waals surface area (Å²) in [4.78, 5) is 2.40. The third-order valence-corrected chi connectivity index (χ3v) is 5.52. The zero-order valence-corrected chi connectivity index (χ0v) is 11.6. The molecule has 0 heterocycles. The summed E-state index contributed by atoms with van der Waals surface area (Å²) in [6.07, 6.45) is 7.20. The van der Waals surface area contributed by atoms with Crippen LogP contribution in [0.4, 0.5) is 0 Å². The molecule has 4 aliphatic rings. The monoisotopic (exact) mass is 247 g/mol. The highest BCUT2D eigenvalue weighted by Crippen LogP contribution is 2.54. The molecule has 0 saturated heterocycles. The molecule has 4 bridgehead atoms. The highest BCUT2D eigenvalue weighted by Gasteiger charge is 2.49. The minimum atomic E-state index is -0.705. The quantitative estimate of drug-likeness (QED) is 0.829. The minimum Gasteiger partial charge on any atom is -0.313 e. The van der Waals surface area contributed by atoms with Gasteiger partial charge in [0.1, 0.15) is 5.54 Å². The standard InChI is InChI=1S/C15H25N3/c1-15(17,8-16)9-18(2)14-12-4-10-3-11(6-12)7-13(14)5-10/h10-14H,3-7,9,17H2,1-2H3. The first-order valence-corrected chi connectivity index (χ1v) is 7.39. The summed E-state index contributed by atoms with van der Waals surface area (Å²) >= 11 is 0. The van der Waals surface area contributed by atoms with Crippen molar-refractivity contribution >= 4 is 0 Å². The van der Waals surface area contributed by atoms with Gasteiger partial charge in [0.25, 0.3) is 0 Å². The lowest BCUT2D eigenvalue weighted by Gasteiger charge is -2.57. The fourth-order valence-electron chi connectivity index (χ4n) is 5.28. The molecule has 1 unspecified atom stereocenters. The van der Waals surface area contributed by atoms with Crippen molar-refractivity contribution < 1.29 is 0 Å². The lowest BCUT2D eigenvalue weighted by molar-refractivity contribution is -0.0598. The third kappa shape index (κ3) is 2.06. The first-order chi connectivity index (χ1) is 8.48. The van der Waals surface area contributed by atoms with Gasteiger partial charge in [-0.05, 0) is 69.7 Å². The van der Waals surface area contributed by atoms with Gasteiger partial charge in [0.2, 0.25) is 0 Å². The Balaban J connectivity index is 1.71. The van der Waals surface area contributed by atoms with E-state index in [9.17, 15) is 0 Å². The van der Waals surface area contributed by atoms with Crippen molar-refractivity contribution in [2.75, 3.05) is 13.6 Å². The van der Waals surface area contributed by atoms with Crippen LogP contribution in [0.5, 0.6) is 0 Å². The van der Waals surface area contributed by atoms with Crippen LogP contribution in [0.3, 0.4) is 0 Å². The van der Waals surface area contributed by atoms with E-state index in [2.05, 4.69) is 18.0 Å². The number of nitrogens with zero attached hydrogens (tertiary/aromatic N) is 2. The number of rotatable bonds is 3. The molecule has 0 spiro atoms. The van der Waals surface area contributed by atoms with E-state index in [0.29, 0.717) is 12.6 Å². The molecule has 3 nitrogen and oxygen atoms in total. The van der Waals surface area contributed by atoms with Crippen molar-refractivity contribution in [1.82, 2.24) is 4.90 Å². The first-order valence-electron chi connectivity index (χ1n) is 7.39. The van der Waals surface area contributed by atoms with Gasteiger partial charge in [-0.3, -0.25) is 4.90 Å². The maximum absolute atomic E-state index is 9.09. The number of hydrogen-bond donors (Lipinski definition) is 1. The number of nitriles is 1. The van der Waals surface area contributed by atoms with E-state index < -0.39 is 5.54 Å². The van der Waals surface area contributed by atoms with Crippen molar-refractivity contribution in [3.8, 4) is 6.07 Å². The van der Waals surface area contributed by atoms with Crippen LogP contribution < -0.4 is 5.73 Å². The molecule has 0 aliphatic heterocycles. The van der Waals surface area contributed by atoms with Crippen molar-refractivity contribution in [3.05, 3.63) is 0 Å². The Morgan fingerprint density at radius 3 is 2.11 bits per heavy atom. The average molecular weight is 247 g/mol. The maximum Gasteiger partial charge on any atom is 0.114 e. The van der Waals surface area contributed by atoms with Crippen molar-refractivity contribution in [2.24, 2.45) is 29.4 Å². The smallest absolute Gasteiger partial charge is 0.114 e. The van der Waals surface area contributed by atoms with E-state index in [-0.39, 0.29) is 0 Å². The van der Waals surface area contributed by atoms with Crippen LogP contribution in [-0.2, 0) is 0 Å². The molecule has 4 saturated carbocycles. The second-order valence-electron chi connectivity index (χ2n) is 7.37. The van der Waals surface area contributed by atoms with Gasteiger partial charge in [-0.1, -0.05) is 0 Å². The molecule has 3 heteroatoms. The largest absolute Gasteiger partial charge is 0.313 e. The Morgan fingerprint density at radius 1 is 1.17 bits per heavy atom. The second kappa shape index (κ2) is 4.21. The molecular weight excluding hydrogens is 222 g/mol. The summed E-state index contributed by atoms with van der Waals surface area (Å²) in [7, 11) is 2.18. The van der Waals surface area contributed by atoms with Crippen LogP contribution in [0.1, 0.15) is 39.0 Å². The summed E-state index contributed by atoms with van der Waals surface area (Å²) in [5, 5.41) is 9.09. The molecule has 0 radical (unpaired) electrons. The molecule has 0 aromatic heterocycles. The molecule has 18 heavy (non-hydrogen) atoms. The van der Waals surface area contributed by atoms with Crippen LogP contribution in [0.2, 0.25) is 0 Å². The molecule has 100 valence electrons. The van der Waals surface area contributed by atoms with E-state index in [1.54, 1.807) is 0 Å². The van der Waals surface area contributed by atoms with Crippen molar-refractivity contribution in [2.45, 2.75) is 50.6 Å². The van der Waals surface area contributed by atoms with Crippen LogP contribution in [-0.4, -0.2) is 30.1 Å². The van der Waals surface area contributed by atoms with E-state index in [1.165, 1.54) is 32.1 Å². The van der Waals surface area contributed by atoms with Crippen molar-refractivity contribution in [1.29, 1.82) is 5.26 Å². The second-order valence-corrected chi connectivity index (χ2v) is 7.37. The van der Waals surface area contributed by atoms with E-state index in [4.69, 9.17) is 11.0 Å². The molecule has 2 N–H and O–H groups in total. The van der Waals surface area contributed by atoms with Gasteiger partial charge >= 0.3 is 0 Å². The Bertz CT molecular complexity index is 340. The highest BCUT2D eigenvalue weighted by molar-refractivity contribution is 5.06. The zero-order valence-electron chi connectivity index (χ0n) is 11.6. The summed E-state index contributed by atoms with van der Waals surface area (Å²) < 4.78 is 0. The van der Waals surface area contributed by atoms with Crippen LogP contribution in [0, 0.1) is 35.0 Å². The minimum absolute atomic E-state index is 0.689. The number of nitrogens with two attached hydrogens (primary N) is 1. The van der Waals surface area contributed by atoms with Gasteiger partial charge in [0.05, 0.1) is 6.07 Å². The molecule has 1 atom stereocenters. The predicted molar refractivity (Wildman–Crippen MR) is 71.7 cm³/mol. The van der Waals surface area contributed by atoms with Gasteiger partial charge in [0.15, 0.2) is 0 Å². The van der Waals surface area contributed by atoms with Crippen molar-refractivity contribution in [3.63, 3.8) is 0 Å². The van der Waals surface area contributed by atoms with Gasteiger partial charge in [-0.15, -0.1) is 0 Å². The van der Waals surface area contributed by atoms with E-state index in [0.717, 1.165) is 23.7 Å². The maximum atomic E-state index is 9.09. The number of hydrogen-bond acceptors (Lipinski definition) is 3. The van der Waals surface area contributed by atoms with Crippen LogP contribution in [0.25, 0.3) is 0 Å². The third-order valence-electron chi connectivity index (χ3n) is 5.52. The fourth-order valence-corrected chi connectivity index (χ4v) is 5.28. The van der Waals surface area contributed by atoms with Gasteiger partial charge in [0, 0.05) is 12.6 Å². The van der Waals surface area contributed by atoms with Crippen LogP contribution in [0.15, 0.2) is 0 Å². The number of likely N-dealkylation sites (N-methyl/N-ethyl adjacent to an activating group) is 1. The molecule has 0 aromatic rings. The summed E-state index contributed by atoms with van der Waals surface area (Å²) in [6, 6.07) is 2.92. The van der Waals surface area contributed by atoms with E-state index >= 15 is 0 Å². The Labute approximate surface area is 110 Å². The molecule has 4 aliphatic carbocycles. The normalized spacial score (nSPS) is 44.9. The molecule has 4 fully saturated rings. The fraction of sp³-hybridized carbons (Fsp3) is 0.933. The van der Waals surface area contributed by atoms with Crippen LogP contribution >= 0.6 is 0 Å². The van der Waals surface area contributed by atoms with Gasteiger partial charge in [-0.25, -0.2) is 0 Å². The highest BCUT2D eigenvalue weighted by atomic mass is 15.2. The first kappa shape index (κ1) is 12.4. The molecule has 4 rings (SSSR count). The SMILES string of the molecule is CN(CC(C)(N)C#N)C1C2CC3CC(C2)CC1C3. The average Bonchev–Trinajstić information content (AvgIpc) is 2.26. The Hall–Kier alpha value is -0.590. The summed E-state index contributed by atoms with van der Waals surface area (Å²) in [5.41, 5.74) is 5.30. The molecule has 0 amide bonds. The summed E-state index contributed by atoms with van der Waals surface area (Å²) in [5.74, 6) is 3.77.